The maximum absolute atomic E-state index is 14.6. The molecule has 0 spiro atoms. The molecule has 11 heteroatoms. The lowest BCUT2D eigenvalue weighted by molar-refractivity contribution is -0.146. The summed E-state index contributed by atoms with van der Waals surface area (Å²) >= 11 is 6.11. The van der Waals surface area contributed by atoms with Crippen molar-refractivity contribution in [2.75, 3.05) is 0 Å². The summed E-state index contributed by atoms with van der Waals surface area (Å²) in [6, 6.07) is 9.58. The molecule has 0 fully saturated rings. The van der Waals surface area contributed by atoms with Crippen LogP contribution in [0.5, 0.6) is 0 Å². The molecule has 0 aliphatic carbocycles. The monoisotopic (exact) mass is 499 g/mol. The summed E-state index contributed by atoms with van der Waals surface area (Å²) in [4.78, 5) is 24.5. The lowest BCUT2D eigenvalue weighted by Crippen LogP contribution is -2.32. The largest absolute Gasteiger partial charge is 0.481 e. The molecule has 0 bridgehead atoms. The van der Waals surface area contributed by atoms with Crippen LogP contribution in [0.3, 0.4) is 0 Å². The van der Waals surface area contributed by atoms with Crippen LogP contribution >= 0.6 is 11.6 Å². The molecule has 9 nitrogen and oxygen atoms in total. The minimum Gasteiger partial charge on any atom is -0.481 e. The number of carboxylic acids is 1. The van der Waals surface area contributed by atoms with Gasteiger partial charge in [0, 0.05) is 25.4 Å². The average Bonchev–Trinajstić information content (AvgIpc) is 3.25. The Labute approximate surface area is 204 Å². The van der Waals surface area contributed by atoms with E-state index in [1.54, 1.807) is 54.5 Å². The normalized spacial score (nSPS) is 13.1. The van der Waals surface area contributed by atoms with Gasteiger partial charge in [-0.1, -0.05) is 35.0 Å². The second kappa shape index (κ2) is 10.3. The van der Waals surface area contributed by atoms with Crippen LogP contribution in [-0.2, 0) is 24.8 Å². The van der Waals surface area contributed by atoms with Gasteiger partial charge < -0.3 is 10.2 Å². The molecular formula is C24H23ClFN5O4. The molecule has 0 aliphatic rings. The van der Waals surface area contributed by atoms with E-state index in [1.165, 1.54) is 6.07 Å². The number of aliphatic hydroxyl groups is 1. The van der Waals surface area contributed by atoms with E-state index < -0.39 is 29.4 Å². The lowest BCUT2D eigenvalue weighted by atomic mass is 9.93. The van der Waals surface area contributed by atoms with Gasteiger partial charge in [0.05, 0.1) is 28.6 Å². The van der Waals surface area contributed by atoms with E-state index in [1.807, 2.05) is 0 Å². The van der Waals surface area contributed by atoms with Crippen molar-refractivity contribution >= 4 is 28.5 Å². The van der Waals surface area contributed by atoms with Gasteiger partial charge in [0.25, 0.3) is 5.56 Å². The van der Waals surface area contributed by atoms with E-state index in [0.29, 0.717) is 16.6 Å². The van der Waals surface area contributed by atoms with E-state index >= 15 is 0 Å². The highest BCUT2D eigenvalue weighted by molar-refractivity contribution is 6.35. The topological polar surface area (TPSA) is 123 Å². The summed E-state index contributed by atoms with van der Waals surface area (Å²) in [5, 5.41) is 32.5. The molecule has 0 amide bonds. The number of aliphatic carboxylic acids is 1. The van der Waals surface area contributed by atoms with Crippen molar-refractivity contribution in [3.8, 4) is 11.1 Å². The van der Waals surface area contributed by atoms with Crippen LogP contribution in [0.4, 0.5) is 4.39 Å². The molecule has 0 saturated carbocycles. The van der Waals surface area contributed by atoms with Crippen molar-refractivity contribution in [1.29, 1.82) is 0 Å². The third kappa shape index (κ3) is 5.39. The Morgan fingerprint density at radius 1 is 1.20 bits per heavy atom. The van der Waals surface area contributed by atoms with E-state index in [9.17, 15) is 24.2 Å². The number of aryl methyl sites for hydroxylation is 3. The minimum absolute atomic E-state index is 0.0320. The highest BCUT2D eigenvalue weighted by Crippen LogP contribution is 2.24. The van der Waals surface area contributed by atoms with Crippen molar-refractivity contribution in [2.45, 2.75) is 31.9 Å². The molecule has 2 heterocycles. The zero-order valence-electron chi connectivity index (χ0n) is 18.8. The van der Waals surface area contributed by atoms with Crippen molar-refractivity contribution in [3.63, 3.8) is 0 Å². The van der Waals surface area contributed by atoms with Gasteiger partial charge in [0.2, 0.25) is 0 Å². The first kappa shape index (κ1) is 24.5. The second-order valence-corrected chi connectivity index (χ2v) is 8.71. The molecule has 2 aromatic carbocycles. The first-order valence-corrected chi connectivity index (χ1v) is 11.3. The standard InChI is InChI=1S/C24H23ClFN5O4/c1-30-13-16(12-27-30)15-6-5-14(19(26)11-15)7-8-21(32)17(24(34)35)9-10-31-23(33)22-18(25)3-2-4-20(22)28-29-31/h2-6,11-13,17,21,32H,7-10H2,1H3,(H,34,35)/t17-,21+/m0/s1. The van der Waals surface area contributed by atoms with Gasteiger partial charge in [-0.25, -0.2) is 9.07 Å². The average molecular weight is 500 g/mol. The molecular weight excluding hydrogens is 477 g/mol. The van der Waals surface area contributed by atoms with Gasteiger partial charge in [0.15, 0.2) is 0 Å². The number of benzene rings is 2. The van der Waals surface area contributed by atoms with Crippen LogP contribution in [0.15, 0.2) is 53.6 Å². The maximum Gasteiger partial charge on any atom is 0.309 e. The first-order valence-electron chi connectivity index (χ1n) is 10.9. The van der Waals surface area contributed by atoms with Crippen LogP contribution in [0, 0.1) is 11.7 Å². The molecule has 0 saturated heterocycles. The van der Waals surface area contributed by atoms with E-state index in [4.69, 9.17) is 11.6 Å². The van der Waals surface area contributed by atoms with Crippen LogP contribution in [0.2, 0.25) is 5.02 Å². The third-order valence-electron chi connectivity index (χ3n) is 5.93. The fourth-order valence-electron chi connectivity index (χ4n) is 3.97. The van der Waals surface area contributed by atoms with Gasteiger partial charge in [-0.05, 0) is 48.6 Å². The maximum atomic E-state index is 14.6. The molecule has 4 aromatic rings. The summed E-state index contributed by atoms with van der Waals surface area (Å²) in [6.07, 6.45) is 2.27. The van der Waals surface area contributed by atoms with Crippen LogP contribution < -0.4 is 5.56 Å². The lowest BCUT2D eigenvalue weighted by Gasteiger charge is -2.19. The fraction of sp³-hybridized carbons (Fsp3) is 0.292. The Kier molecular flexibility index (Phi) is 7.23. The predicted molar refractivity (Wildman–Crippen MR) is 127 cm³/mol. The van der Waals surface area contributed by atoms with Crippen molar-refractivity contribution < 1.29 is 19.4 Å². The number of carboxylic acid groups (broad SMARTS) is 1. The van der Waals surface area contributed by atoms with Crippen molar-refractivity contribution in [3.05, 3.63) is 75.5 Å². The predicted octanol–water partition coefficient (Wildman–Crippen LogP) is 3.07. The number of halogens is 2. The minimum atomic E-state index is -1.25. The van der Waals surface area contributed by atoms with Gasteiger partial charge in [-0.3, -0.25) is 14.3 Å². The molecule has 2 aromatic heterocycles. The molecule has 35 heavy (non-hydrogen) atoms. The number of rotatable bonds is 9. The number of carbonyl (C=O) groups is 1. The summed E-state index contributed by atoms with van der Waals surface area (Å²) in [5.74, 6) is -2.84. The Morgan fingerprint density at radius 3 is 2.69 bits per heavy atom. The number of hydrogen-bond donors (Lipinski definition) is 2. The molecule has 2 N–H and O–H groups in total. The van der Waals surface area contributed by atoms with Gasteiger partial charge in [0.1, 0.15) is 11.3 Å². The highest BCUT2D eigenvalue weighted by atomic mass is 35.5. The number of aliphatic hydroxyl groups excluding tert-OH is 1. The molecule has 4 rings (SSSR count). The molecule has 0 unspecified atom stereocenters. The summed E-state index contributed by atoms with van der Waals surface area (Å²) in [7, 11) is 1.77. The van der Waals surface area contributed by atoms with Gasteiger partial charge >= 0.3 is 5.97 Å². The summed E-state index contributed by atoms with van der Waals surface area (Å²) < 4.78 is 17.3. The Hall–Kier alpha value is -3.63. The van der Waals surface area contributed by atoms with Crippen molar-refractivity contribution in [2.24, 2.45) is 13.0 Å². The molecule has 0 aliphatic heterocycles. The fourth-order valence-corrected chi connectivity index (χ4v) is 4.22. The number of hydrogen-bond acceptors (Lipinski definition) is 6. The molecule has 0 radical (unpaired) electrons. The van der Waals surface area contributed by atoms with Crippen molar-refractivity contribution in [1.82, 2.24) is 24.8 Å². The quantitative estimate of drug-likeness (QED) is 0.363. The molecule has 2 atom stereocenters. The summed E-state index contributed by atoms with van der Waals surface area (Å²) in [5.41, 5.74) is 1.66. The van der Waals surface area contributed by atoms with E-state index in [0.717, 1.165) is 10.2 Å². The van der Waals surface area contributed by atoms with Gasteiger partial charge in [-0.15, -0.1) is 5.10 Å². The smallest absolute Gasteiger partial charge is 0.309 e. The van der Waals surface area contributed by atoms with E-state index in [-0.39, 0.29) is 36.2 Å². The Bertz CT molecular complexity index is 1440. The van der Waals surface area contributed by atoms with Crippen LogP contribution in [-0.4, -0.2) is 47.1 Å². The second-order valence-electron chi connectivity index (χ2n) is 8.30. The SMILES string of the molecule is Cn1cc(-c2ccc(CC[C@@H](O)[C@H](CCn3nnc4cccc(Cl)c4c3=O)C(=O)O)c(F)c2)cn1. The first-order chi connectivity index (χ1) is 16.7. The van der Waals surface area contributed by atoms with Gasteiger partial charge in [-0.2, -0.15) is 5.10 Å². The number of fused-ring (bicyclic) bond motifs is 1. The van der Waals surface area contributed by atoms with E-state index in [2.05, 4.69) is 15.4 Å². The zero-order chi connectivity index (χ0) is 25.1. The van der Waals surface area contributed by atoms with Crippen LogP contribution in [0.1, 0.15) is 18.4 Å². The highest BCUT2D eigenvalue weighted by Gasteiger charge is 2.27. The molecule has 182 valence electrons. The Balaban J connectivity index is 1.42. The number of aromatic nitrogens is 5. The Morgan fingerprint density at radius 2 is 2.00 bits per heavy atom. The number of nitrogens with zero attached hydrogens (tertiary/aromatic N) is 5. The third-order valence-corrected chi connectivity index (χ3v) is 6.25. The van der Waals surface area contributed by atoms with Crippen LogP contribution in [0.25, 0.3) is 22.0 Å². The summed E-state index contributed by atoms with van der Waals surface area (Å²) in [6.45, 7) is -0.0742. The zero-order valence-corrected chi connectivity index (χ0v) is 19.6.